The first kappa shape index (κ1) is 31.5. The van der Waals surface area contributed by atoms with E-state index in [1.165, 1.54) is 10.6 Å². The van der Waals surface area contributed by atoms with Gasteiger partial charge in [0.05, 0.1) is 28.2 Å². The smallest absolute Gasteiger partial charge is 0.281 e. The minimum atomic E-state index is -0.463. The lowest BCUT2D eigenvalue weighted by Crippen LogP contribution is -2.36. The molecule has 2 N–H and O–H groups in total. The molecular formula is C32H34ClFN6O3S. The second-order valence-corrected chi connectivity index (χ2v) is 12.1. The third-order valence-corrected chi connectivity index (χ3v) is 8.71. The van der Waals surface area contributed by atoms with Crippen LogP contribution in [-0.2, 0) is 11.8 Å². The molecule has 1 aliphatic rings. The van der Waals surface area contributed by atoms with E-state index in [1.807, 2.05) is 30.9 Å². The van der Waals surface area contributed by atoms with Crippen molar-refractivity contribution in [3.63, 3.8) is 0 Å². The van der Waals surface area contributed by atoms with E-state index >= 15 is 4.39 Å². The topological polar surface area (TPSA) is 109 Å². The molecule has 0 bridgehead atoms. The van der Waals surface area contributed by atoms with E-state index in [0.717, 1.165) is 35.9 Å². The van der Waals surface area contributed by atoms with Crippen LogP contribution in [0.2, 0.25) is 5.15 Å². The van der Waals surface area contributed by atoms with Crippen LogP contribution < -0.4 is 15.6 Å². The van der Waals surface area contributed by atoms with E-state index in [2.05, 4.69) is 15.0 Å². The second-order valence-electron chi connectivity index (χ2n) is 11.1. The molecule has 1 aliphatic heterocycles. The molecule has 1 unspecified atom stereocenters. The average Bonchev–Trinajstić information content (AvgIpc) is 3.00. The number of pyridine rings is 1. The number of nitrogens with one attached hydrogen (secondary N) is 2. The first-order valence-electron chi connectivity index (χ1n) is 14.3. The predicted octanol–water partition coefficient (Wildman–Crippen LogP) is 6.00. The molecule has 230 valence electrons. The molecule has 5 rings (SSSR count). The molecule has 2 aromatic carbocycles. The second kappa shape index (κ2) is 13.0. The van der Waals surface area contributed by atoms with Gasteiger partial charge in [0.1, 0.15) is 16.8 Å². The molecular weight excluding hydrogens is 603 g/mol. The van der Waals surface area contributed by atoms with Crippen molar-refractivity contribution in [2.45, 2.75) is 45.6 Å². The molecule has 1 saturated heterocycles. The van der Waals surface area contributed by atoms with Crippen LogP contribution in [0.15, 0.2) is 47.3 Å². The van der Waals surface area contributed by atoms with Crippen LogP contribution in [0.4, 0.5) is 10.1 Å². The highest BCUT2D eigenvalue weighted by Gasteiger charge is 2.25. The van der Waals surface area contributed by atoms with Gasteiger partial charge in [-0.1, -0.05) is 35.7 Å². The van der Waals surface area contributed by atoms with Gasteiger partial charge in [-0.05, 0) is 74.1 Å². The largest absolute Gasteiger partial charge is 0.377 e. The molecule has 1 fully saturated rings. The number of carbonyl (C=O) groups excluding carboxylic acids is 2. The maximum Gasteiger partial charge on any atom is 0.281 e. The summed E-state index contributed by atoms with van der Waals surface area (Å²) in [6, 6.07) is 11.6. The number of piperidine rings is 1. The van der Waals surface area contributed by atoms with Crippen LogP contribution in [-0.4, -0.2) is 50.6 Å². The van der Waals surface area contributed by atoms with Crippen LogP contribution >= 0.6 is 23.5 Å². The number of anilines is 1. The Morgan fingerprint density at radius 2 is 1.84 bits per heavy atom. The van der Waals surface area contributed by atoms with E-state index in [-0.39, 0.29) is 39.6 Å². The number of amides is 2. The molecule has 9 nitrogen and oxygen atoms in total. The summed E-state index contributed by atoms with van der Waals surface area (Å²) in [6.07, 6.45) is 3.27. The number of rotatable bonds is 7. The highest BCUT2D eigenvalue weighted by atomic mass is 35.5. The summed E-state index contributed by atoms with van der Waals surface area (Å²) < 4.78 is 19.8. The van der Waals surface area contributed by atoms with E-state index in [4.69, 9.17) is 16.6 Å². The van der Waals surface area contributed by atoms with Crippen LogP contribution in [0.1, 0.15) is 65.8 Å². The third-order valence-electron chi connectivity index (χ3n) is 8.11. The van der Waals surface area contributed by atoms with Crippen molar-refractivity contribution < 1.29 is 14.0 Å². The van der Waals surface area contributed by atoms with Crippen LogP contribution in [0.3, 0.4) is 0 Å². The number of hydrogen-bond donors (Lipinski definition) is 2. The van der Waals surface area contributed by atoms with E-state index in [0.29, 0.717) is 35.2 Å². The van der Waals surface area contributed by atoms with Gasteiger partial charge in [-0.25, -0.2) is 14.4 Å². The normalized spacial score (nSPS) is 14.5. The standard InChI is InChI=1S/C32H34ClFN6O3S/c1-17-14-23(18(2)35-26-8-9-27(33)36-29(26)31(42)38-44-5)28-24(15-17)32(43)39(4)30(37-28)22-7-6-21(16-25(22)34)20-10-12-40(13-11-20)19(3)41/h6-9,14-16,18,20,35H,10-13H2,1-5H3,(H,38,42). The van der Waals surface area contributed by atoms with Gasteiger partial charge in [-0.15, -0.1) is 0 Å². The van der Waals surface area contributed by atoms with Gasteiger partial charge in [-0.2, -0.15) is 0 Å². The van der Waals surface area contributed by atoms with Crippen LogP contribution in [0, 0.1) is 12.7 Å². The summed E-state index contributed by atoms with van der Waals surface area (Å²) in [7, 11) is 1.59. The SMILES string of the molecule is CSNC(=O)c1nc(Cl)ccc1NC(C)c1cc(C)cc2c(=O)n(C)c(-c3ccc(C4CCN(C(C)=O)CC4)cc3F)nc12. The third kappa shape index (κ3) is 6.30. The number of aromatic nitrogens is 3. The lowest BCUT2D eigenvalue weighted by molar-refractivity contribution is -0.129. The fourth-order valence-electron chi connectivity index (χ4n) is 5.79. The predicted molar refractivity (Wildman–Crippen MR) is 174 cm³/mol. The van der Waals surface area contributed by atoms with Crippen LogP contribution in [0.25, 0.3) is 22.3 Å². The number of halogens is 2. The number of carbonyl (C=O) groups is 2. The van der Waals surface area contributed by atoms with Gasteiger partial charge >= 0.3 is 0 Å². The van der Waals surface area contributed by atoms with Gasteiger partial charge in [0.2, 0.25) is 5.91 Å². The van der Waals surface area contributed by atoms with Crippen molar-refractivity contribution in [1.82, 2.24) is 24.2 Å². The fraction of sp³-hybridized carbons (Fsp3) is 0.344. The maximum atomic E-state index is 15.7. The monoisotopic (exact) mass is 636 g/mol. The van der Waals surface area contributed by atoms with Gasteiger partial charge in [0, 0.05) is 38.9 Å². The van der Waals surface area contributed by atoms with E-state index < -0.39 is 17.8 Å². The van der Waals surface area contributed by atoms with Crippen molar-refractivity contribution in [3.05, 3.63) is 86.2 Å². The van der Waals surface area contributed by atoms with Gasteiger partial charge < -0.3 is 10.2 Å². The van der Waals surface area contributed by atoms with E-state index in [9.17, 15) is 14.4 Å². The minimum Gasteiger partial charge on any atom is -0.377 e. The summed E-state index contributed by atoms with van der Waals surface area (Å²) in [5.41, 5.74) is 3.39. The van der Waals surface area contributed by atoms with Crippen molar-refractivity contribution in [2.75, 3.05) is 24.7 Å². The number of benzene rings is 2. The summed E-state index contributed by atoms with van der Waals surface area (Å²) in [6.45, 7) is 6.65. The Bertz CT molecular complexity index is 1820. The molecule has 2 aromatic heterocycles. The Morgan fingerprint density at radius 3 is 2.50 bits per heavy atom. The summed E-state index contributed by atoms with van der Waals surface area (Å²) in [5.74, 6) is -0.451. The molecule has 1 atom stereocenters. The van der Waals surface area contributed by atoms with Gasteiger partial charge in [0.15, 0.2) is 5.69 Å². The lowest BCUT2D eigenvalue weighted by atomic mass is 9.88. The highest BCUT2D eigenvalue weighted by molar-refractivity contribution is 7.97. The molecule has 3 heterocycles. The Morgan fingerprint density at radius 1 is 1.11 bits per heavy atom. The zero-order valence-electron chi connectivity index (χ0n) is 25.2. The Kier molecular flexibility index (Phi) is 9.26. The summed E-state index contributed by atoms with van der Waals surface area (Å²) in [4.78, 5) is 48.9. The zero-order valence-corrected chi connectivity index (χ0v) is 26.8. The first-order valence-corrected chi connectivity index (χ1v) is 15.9. The lowest BCUT2D eigenvalue weighted by Gasteiger charge is -2.31. The molecule has 0 saturated carbocycles. The minimum absolute atomic E-state index is 0.0544. The molecule has 0 radical (unpaired) electrons. The average molecular weight is 637 g/mol. The number of aryl methyl sites for hydroxylation is 1. The summed E-state index contributed by atoms with van der Waals surface area (Å²) >= 11 is 7.24. The number of likely N-dealkylation sites (tertiary alicyclic amines) is 1. The zero-order chi connectivity index (χ0) is 31.7. The van der Waals surface area contributed by atoms with Gasteiger partial charge in [-0.3, -0.25) is 23.7 Å². The van der Waals surface area contributed by atoms with Crippen molar-refractivity contribution in [2.24, 2.45) is 7.05 Å². The highest BCUT2D eigenvalue weighted by Crippen LogP contribution is 2.33. The Hall–Kier alpha value is -3.96. The maximum absolute atomic E-state index is 15.7. The first-order chi connectivity index (χ1) is 21.0. The van der Waals surface area contributed by atoms with Crippen molar-refractivity contribution in [3.8, 4) is 11.4 Å². The van der Waals surface area contributed by atoms with Crippen molar-refractivity contribution in [1.29, 1.82) is 0 Å². The Labute approximate surface area is 264 Å². The number of nitrogens with zero attached hydrogens (tertiary/aromatic N) is 4. The Balaban J connectivity index is 1.53. The molecule has 4 aromatic rings. The van der Waals surface area contributed by atoms with Crippen molar-refractivity contribution >= 4 is 52.0 Å². The summed E-state index contributed by atoms with van der Waals surface area (Å²) in [5, 5.41) is 3.92. The van der Waals surface area contributed by atoms with E-state index in [1.54, 1.807) is 44.5 Å². The molecule has 0 aliphatic carbocycles. The fourth-order valence-corrected chi connectivity index (χ4v) is 6.22. The molecule has 2 amide bonds. The molecule has 44 heavy (non-hydrogen) atoms. The van der Waals surface area contributed by atoms with Gasteiger partial charge in [0.25, 0.3) is 11.5 Å². The van der Waals surface area contributed by atoms with Crippen LogP contribution in [0.5, 0.6) is 0 Å². The quantitative estimate of drug-likeness (QED) is 0.189. The number of hydrogen-bond acceptors (Lipinski definition) is 7. The number of fused-ring (bicyclic) bond motifs is 1. The molecule has 0 spiro atoms. The molecule has 12 heteroatoms.